The first-order chi connectivity index (χ1) is 10.6. The van der Waals surface area contributed by atoms with Gasteiger partial charge in [-0.2, -0.15) is 0 Å². The summed E-state index contributed by atoms with van der Waals surface area (Å²) in [6, 6.07) is 16.3. The summed E-state index contributed by atoms with van der Waals surface area (Å²) in [5, 5.41) is 21.6. The zero-order valence-corrected chi connectivity index (χ0v) is 13.2. The van der Waals surface area contributed by atoms with E-state index in [4.69, 9.17) is 5.11 Å². The number of anilines is 2. The van der Waals surface area contributed by atoms with Gasteiger partial charge in [0.2, 0.25) is 0 Å². The van der Waals surface area contributed by atoms with Crippen molar-refractivity contribution in [1.29, 1.82) is 0 Å². The lowest BCUT2D eigenvalue weighted by atomic mass is 10.1. The van der Waals surface area contributed by atoms with Crippen molar-refractivity contribution in [2.24, 2.45) is 0 Å². The molecule has 0 aromatic heterocycles. The molecule has 0 saturated heterocycles. The lowest BCUT2D eigenvalue weighted by Crippen LogP contribution is -2.20. The summed E-state index contributed by atoms with van der Waals surface area (Å²) in [7, 11) is 1.96. The van der Waals surface area contributed by atoms with Crippen LogP contribution >= 0.6 is 0 Å². The number of nitrogens with one attached hydrogen (secondary N) is 1. The van der Waals surface area contributed by atoms with E-state index in [1.807, 2.05) is 54.4 Å². The molecule has 2 aromatic rings. The Kier molecular flexibility index (Phi) is 5.81. The maximum Gasteiger partial charge on any atom is 0.0681 e. The molecule has 0 bridgehead atoms. The molecule has 0 fully saturated rings. The second kappa shape index (κ2) is 7.82. The molecule has 0 heterocycles. The van der Waals surface area contributed by atoms with Crippen LogP contribution in [0.4, 0.5) is 11.4 Å². The predicted octanol–water partition coefficient (Wildman–Crippen LogP) is 2.78. The maximum atomic E-state index is 9.22. The Hall–Kier alpha value is -2.04. The van der Waals surface area contributed by atoms with Crippen LogP contribution in [-0.2, 0) is 6.61 Å². The first-order valence-electron chi connectivity index (χ1n) is 7.52. The Bertz CT molecular complexity index is 584. The Morgan fingerprint density at radius 2 is 1.82 bits per heavy atom. The molecule has 0 amide bonds. The van der Waals surface area contributed by atoms with Crippen LogP contribution in [0.25, 0.3) is 0 Å². The average Bonchev–Trinajstić information content (AvgIpc) is 2.55. The molecular formula is C18H24N2O2. The molecule has 1 atom stereocenters. The Morgan fingerprint density at radius 3 is 2.45 bits per heavy atom. The third-order valence-corrected chi connectivity index (χ3v) is 3.76. The summed E-state index contributed by atoms with van der Waals surface area (Å²) in [4.78, 5) is 2.01. The van der Waals surface area contributed by atoms with Crippen LogP contribution in [0.2, 0.25) is 0 Å². The molecule has 0 aliphatic heterocycles. The zero-order chi connectivity index (χ0) is 15.9. The van der Waals surface area contributed by atoms with Crippen molar-refractivity contribution in [1.82, 2.24) is 0 Å². The smallest absolute Gasteiger partial charge is 0.0681 e. The van der Waals surface area contributed by atoms with Gasteiger partial charge in [0.05, 0.1) is 13.2 Å². The van der Waals surface area contributed by atoms with Crippen molar-refractivity contribution in [2.75, 3.05) is 30.4 Å². The summed E-state index contributed by atoms with van der Waals surface area (Å²) in [5.41, 5.74) is 4.19. The van der Waals surface area contributed by atoms with Gasteiger partial charge in [-0.15, -0.1) is 0 Å². The third kappa shape index (κ3) is 4.23. The van der Waals surface area contributed by atoms with E-state index >= 15 is 0 Å². The van der Waals surface area contributed by atoms with Gasteiger partial charge in [0.25, 0.3) is 0 Å². The van der Waals surface area contributed by atoms with Gasteiger partial charge < -0.3 is 20.4 Å². The highest BCUT2D eigenvalue weighted by molar-refractivity contribution is 5.55. The number of hydrogen-bond donors (Lipinski definition) is 3. The number of hydrogen-bond acceptors (Lipinski definition) is 4. The summed E-state index contributed by atoms with van der Waals surface area (Å²) < 4.78 is 0. The summed E-state index contributed by atoms with van der Waals surface area (Å²) in [6.45, 7) is 2.93. The van der Waals surface area contributed by atoms with Gasteiger partial charge in [0.15, 0.2) is 0 Å². The number of likely N-dealkylation sites (N-methyl/N-ethyl adjacent to an activating group) is 1. The van der Waals surface area contributed by atoms with E-state index in [2.05, 4.69) is 18.3 Å². The van der Waals surface area contributed by atoms with Crippen LogP contribution in [0.3, 0.4) is 0 Å². The van der Waals surface area contributed by atoms with Gasteiger partial charge in [-0.25, -0.2) is 0 Å². The van der Waals surface area contributed by atoms with Gasteiger partial charge in [-0.1, -0.05) is 24.3 Å². The quantitative estimate of drug-likeness (QED) is 0.736. The van der Waals surface area contributed by atoms with Crippen molar-refractivity contribution in [2.45, 2.75) is 19.6 Å². The minimum atomic E-state index is 0.0620. The maximum absolute atomic E-state index is 9.22. The number of rotatable bonds is 7. The first kappa shape index (κ1) is 16.3. The number of aliphatic hydroxyl groups excluding tert-OH is 2. The number of benzene rings is 2. The highest BCUT2D eigenvalue weighted by atomic mass is 16.3. The molecule has 2 aromatic carbocycles. The fraction of sp³-hybridized carbons (Fsp3) is 0.333. The van der Waals surface area contributed by atoms with Crippen LogP contribution < -0.4 is 10.2 Å². The zero-order valence-electron chi connectivity index (χ0n) is 13.2. The fourth-order valence-corrected chi connectivity index (χ4v) is 2.39. The minimum absolute atomic E-state index is 0.0620. The van der Waals surface area contributed by atoms with Gasteiger partial charge >= 0.3 is 0 Å². The van der Waals surface area contributed by atoms with Crippen LogP contribution in [0, 0.1) is 0 Å². The fourth-order valence-electron chi connectivity index (χ4n) is 2.39. The minimum Gasteiger partial charge on any atom is -0.395 e. The molecule has 0 aliphatic rings. The summed E-state index contributed by atoms with van der Waals surface area (Å²) in [6.07, 6.45) is 0. The molecule has 2 rings (SSSR count). The SMILES string of the molecule is CC(Nc1ccc(N(C)CCO)cc1)c1cccc(CO)c1. The lowest BCUT2D eigenvalue weighted by Gasteiger charge is -2.20. The summed E-state index contributed by atoms with van der Waals surface area (Å²) >= 11 is 0. The summed E-state index contributed by atoms with van der Waals surface area (Å²) in [5.74, 6) is 0. The van der Waals surface area contributed by atoms with Gasteiger partial charge in [-0.3, -0.25) is 0 Å². The Morgan fingerprint density at radius 1 is 1.09 bits per heavy atom. The molecule has 118 valence electrons. The second-order valence-electron chi connectivity index (χ2n) is 5.46. The lowest BCUT2D eigenvalue weighted by molar-refractivity contribution is 0.281. The van der Waals surface area contributed by atoms with E-state index in [1.54, 1.807) is 0 Å². The highest BCUT2D eigenvalue weighted by Crippen LogP contribution is 2.22. The molecule has 0 spiro atoms. The molecule has 4 nitrogen and oxygen atoms in total. The molecule has 22 heavy (non-hydrogen) atoms. The normalized spacial score (nSPS) is 12.0. The first-order valence-corrected chi connectivity index (χ1v) is 7.52. The van der Waals surface area contributed by atoms with Crippen molar-refractivity contribution in [3.8, 4) is 0 Å². The van der Waals surface area contributed by atoms with Crippen LogP contribution in [0.1, 0.15) is 24.1 Å². The van der Waals surface area contributed by atoms with Crippen molar-refractivity contribution < 1.29 is 10.2 Å². The predicted molar refractivity (Wildman–Crippen MR) is 91.2 cm³/mol. The third-order valence-electron chi connectivity index (χ3n) is 3.76. The second-order valence-corrected chi connectivity index (χ2v) is 5.46. The molecule has 4 heteroatoms. The Balaban J connectivity index is 2.03. The van der Waals surface area contributed by atoms with Gasteiger partial charge in [-0.05, 0) is 42.3 Å². The van der Waals surface area contributed by atoms with Crippen LogP contribution in [0.5, 0.6) is 0 Å². The van der Waals surface area contributed by atoms with Crippen LogP contribution in [0.15, 0.2) is 48.5 Å². The molecule has 0 aliphatic carbocycles. The van der Waals surface area contributed by atoms with E-state index in [0.717, 1.165) is 22.5 Å². The molecule has 1 unspecified atom stereocenters. The monoisotopic (exact) mass is 300 g/mol. The van der Waals surface area contributed by atoms with Gasteiger partial charge in [0.1, 0.15) is 0 Å². The number of aliphatic hydroxyl groups is 2. The van der Waals surface area contributed by atoms with E-state index in [1.165, 1.54) is 0 Å². The van der Waals surface area contributed by atoms with Crippen molar-refractivity contribution >= 4 is 11.4 Å². The highest BCUT2D eigenvalue weighted by Gasteiger charge is 2.06. The van der Waals surface area contributed by atoms with Gasteiger partial charge in [0, 0.05) is 31.0 Å². The topological polar surface area (TPSA) is 55.7 Å². The average molecular weight is 300 g/mol. The van der Waals surface area contributed by atoms with Crippen molar-refractivity contribution in [3.05, 3.63) is 59.7 Å². The van der Waals surface area contributed by atoms with Crippen LogP contribution in [-0.4, -0.2) is 30.4 Å². The van der Waals surface area contributed by atoms with E-state index < -0.39 is 0 Å². The Labute approximate surface area is 132 Å². The standard InChI is InChI=1S/C18H24N2O2/c1-14(16-5-3-4-15(12-16)13-22)19-17-6-8-18(9-7-17)20(2)10-11-21/h3-9,12,14,19,21-22H,10-11,13H2,1-2H3. The van der Waals surface area contributed by atoms with Crippen molar-refractivity contribution in [3.63, 3.8) is 0 Å². The largest absolute Gasteiger partial charge is 0.395 e. The number of nitrogens with zero attached hydrogens (tertiary/aromatic N) is 1. The van der Waals surface area contributed by atoms with E-state index in [-0.39, 0.29) is 19.3 Å². The van der Waals surface area contributed by atoms with E-state index in [0.29, 0.717) is 6.54 Å². The molecule has 3 N–H and O–H groups in total. The van der Waals surface area contributed by atoms with E-state index in [9.17, 15) is 5.11 Å². The molecule has 0 radical (unpaired) electrons. The molecule has 0 saturated carbocycles. The molecular weight excluding hydrogens is 276 g/mol.